The molecule has 1 aromatic carbocycles. The van der Waals surface area contributed by atoms with E-state index in [2.05, 4.69) is 9.97 Å². The average Bonchev–Trinajstić information content (AvgIpc) is 2.87. The lowest BCUT2D eigenvalue weighted by Crippen LogP contribution is -1.97. The minimum absolute atomic E-state index is 0.0726. The van der Waals surface area contributed by atoms with Crippen molar-refractivity contribution in [2.75, 3.05) is 6.61 Å². The fraction of sp³-hybridized carbons (Fsp3) is 0.357. The third-order valence-corrected chi connectivity index (χ3v) is 3.11. The molecule has 1 aromatic heterocycles. The zero-order valence-electron chi connectivity index (χ0n) is 11.1. The highest BCUT2D eigenvalue weighted by Crippen LogP contribution is 2.19. The fourth-order valence-electron chi connectivity index (χ4n) is 2.14. The number of aliphatic hydroxyl groups excluding tert-OH is 1. The van der Waals surface area contributed by atoms with E-state index in [1.54, 1.807) is 18.3 Å². The predicted molar refractivity (Wildman–Crippen MR) is 74.5 cm³/mol. The predicted octanol–water partition coefficient (Wildman–Crippen LogP) is 2.03. The van der Waals surface area contributed by atoms with Crippen molar-refractivity contribution in [2.24, 2.45) is 0 Å². The van der Waals surface area contributed by atoms with Crippen LogP contribution in [0.2, 0.25) is 0 Å². The summed E-state index contributed by atoms with van der Waals surface area (Å²) in [5, 5.41) is 19.7. The molecule has 106 valence electrons. The van der Waals surface area contributed by atoms with Crippen LogP contribution in [0.15, 0.2) is 30.5 Å². The van der Waals surface area contributed by atoms with Gasteiger partial charge in [0.1, 0.15) is 5.82 Å². The van der Waals surface area contributed by atoms with Gasteiger partial charge in [-0.05, 0) is 19.3 Å². The molecule has 6 nitrogen and oxygen atoms in total. The van der Waals surface area contributed by atoms with Crippen molar-refractivity contribution < 1.29 is 10.0 Å². The van der Waals surface area contributed by atoms with Gasteiger partial charge in [0.05, 0.1) is 11.5 Å². The Balaban J connectivity index is 1.91. The molecule has 20 heavy (non-hydrogen) atoms. The first kappa shape index (κ1) is 14.2. The van der Waals surface area contributed by atoms with Crippen LogP contribution in [0.25, 0.3) is 0 Å². The first-order chi connectivity index (χ1) is 9.70. The summed E-state index contributed by atoms with van der Waals surface area (Å²) in [4.78, 5) is 17.8. The fourth-order valence-corrected chi connectivity index (χ4v) is 2.14. The molecule has 2 rings (SSSR count). The number of H-pyrrole nitrogens is 1. The second-order valence-corrected chi connectivity index (χ2v) is 4.57. The number of para-hydroxylation sites is 1. The quantitative estimate of drug-likeness (QED) is 0.597. The van der Waals surface area contributed by atoms with Crippen molar-refractivity contribution in [3.05, 3.63) is 57.7 Å². The number of aliphatic hydroxyl groups is 1. The normalized spacial score (nSPS) is 10.7. The highest BCUT2D eigenvalue weighted by atomic mass is 16.6. The summed E-state index contributed by atoms with van der Waals surface area (Å²) in [5.41, 5.74) is 1.93. The number of rotatable bonds is 7. The van der Waals surface area contributed by atoms with Gasteiger partial charge in [-0.2, -0.15) is 0 Å². The summed E-state index contributed by atoms with van der Waals surface area (Å²) in [6.07, 6.45) is 4.52. The maximum Gasteiger partial charge on any atom is 0.272 e. The highest BCUT2D eigenvalue weighted by Gasteiger charge is 2.11. The SMILES string of the molecule is O=[N+]([O-])c1ccccc1CCCc1cnc(CCO)[nH]1. The van der Waals surface area contributed by atoms with Crippen molar-refractivity contribution in [3.8, 4) is 0 Å². The standard InChI is InChI=1S/C14H17N3O3/c18-9-8-14-15-10-12(16-14)6-3-5-11-4-1-2-7-13(11)17(19)20/h1-2,4,7,10,18H,3,5-6,8-9H2,(H,15,16). The monoisotopic (exact) mass is 275 g/mol. The number of aryl methyl sites for hydroxylation is 2. The molecule has 0 saturated heterocycles. The Kier molecular flexibility index (Phi) is 4.84. The summed E-state index contributed by atoms with van der Waals surface area (Å²) < 4.78 is 0. The molecule has 2 aromatic rings. The van der Waals surface area contributed by atoms with E-state index in [0.717, 1.165) is 29.9 Å². The van der Waals surface area contributed by atoms with Crippen molar-refractivity contribution in [1.29, 1.82) is 0 Å². The van der Waals surface area contributed by atoms with Crippen LogP contribution in [0, 0.1) is 10.1 Å². The van der Waals surface area contributed by atoms with Gasteiger partial charge in [-0.3, -0.25) is 10.1 Å². The summed E-state index contributed by atoms with van der Waals surface area (Å²) in [6.45, 7) is 0.0726. The zero-order valence-corrected chi connectivity index (χ0v) is 11.1. The van der Waals surface area contributed by atoms with Crippen molar-refractivity contribution in [2.45, 2.75) is 25.7 Å². The molecule has 0 radical (unpaired) electrons. The smallest absolute Gasteiger partial charge is 0.272 e. The Morgan fingerprint density at radius 1 is 1.25 bits per heavy atom. The summed E-state index contributed by atoms with van der Waals surface area (Å²) >= 11 is 0. The number of hydrogen-bond donors (Lipinski definition) is 2. The lowest BCUT2D eigenvalue weighted by atomic mass is 10.1. The number of benzene rings is 1. The molecule has 6 heteroatoms. The highest BCUT2D eigenvalue weighted by molar-refractivity contribution is 5.39. The Labute approximate surface area is 116 Å². The number of nitro benzene ring substituents is 1. The summed E-state index contributed by atoms with van der Waals surface area (Å²) in [6, 6.07) is 6.82. The van der Waals surface area contributed by atoms with Crippen LogP contribution in [-0.4, -0.2) is 26.6 Å². The van der Waals surface area contributed by atoms with Crippen LogP contribution >= 0.6 is 0 Å². The van der Waals surface area contributed by atoms with E-state index in [9.17, 15) is 10.1 Å². The molecule has 0 bridgehead atoms. The maximum absolute atomic E-state index is 10.9. The minimum Gasteiger partial charge on any atom is -0.396 e. The van der Waals surface area contributed by atoms with E-state index in [1.807, 2.05) is 6.07 Å². The molecule has 0 unspecified atom stereocenters. The van der Waals surface area contributed by atoms with Crippen LogP contribution < -0.4 is 0 Å². The molecule has 0 spiro atoms. The number of hydrogen-bond acceptors (Lipinski definition) is 4. The Bertz CT molecular complexity index is 581. The third-order valence-electron chi connectivity index (χ3n) is 3.11. The van der Waals surface area contributed by atoms with Gasteiger partial charge in [-0.15, -0.1) is 0 Å². The van der Waals surface area contributed by atoms with E-state index >= 15 is 0 Å². The number of aromatic amines is 1. The second-order valence-electron chi connectivity index (χ2n) is 4.57. The van der Waals surface area contributed by atoms with Crippen LogP contribution in [0.1, 0.15) is 23.5 Å². The van der Waals surface area contributed by atoms with Crippen LogP contribution in [0.3, 0.4) is 0 Å². The van der Waals surface area contributed by atoms with E-state index in [0.29, 0.717) is 12.8 Å². The topological polar surface area (TPSA) is 92.1 Å². The molecule has 1 heterocycles. The molecule has 0 atom stereocenters. The molecule has 0 aliphatic heterocycles. The number of nitrogens with zero attached hydrogens (tertiary/aromatic N) is 2. The molecule has 0 fully saturated rings. The average molecular weight is 275 g/mol. The second kappa shape index (κ2) is 6.81. The van der Waals surface area contributed by atoms with Gasteiger partial charge in [0.2, 0.25) is 0 Å². The van der Waals surface area contributed by atoms with Crippen LogP contribution in [-0.2, 0) is 19.3 Å². The molecule has 0 amide bonds. The molecular formula is C14H17N3O3. The molecule has 0 aliphatic rings. The van der Waals surface area contributed by atoms with Crippen LogP contribution in [0.5, 0.6) is 0 Å². The van der Waals surface area contributed by atoms with Gasteiger partial charge in [-0.1, -0.05) is 18.2 Å². The van der Waals surface area contributed by atoms with Gasteiger partial charge >= 0.3 is 0 Å². The van der Waals surface area contributed by atoms with Gasteiger partial charge in [0.15, 0.2) is 0 Å². The van der Waals surface area contributed by atoms with Crippen molar-refractivity contribution in [3.63, 3.8) is 0 Å². The first-order valence-electron chi connectivity index (χ1n) is 6.56. The van der Waals surface area contributed by atoms with E-state index < -0.39 is 0 Å². The van der Waals surface area contributed by atoms with Crippen molar-refractivity contribution in [1.82, 2.24) is 9.97 Å². The van der Waals surface area contributed by atoms with Crippen molar-refractivity contribution >= 4 is 5.69 Å². The molecular weight excluding hydrogens is 258 g/mol. The lowest BCUT2D eigenvalue weighted by molar-refractivity contribution is -0.385. The van der Waals surface area contributed by atoms with Gasteiger partial charge < -0.3 is 10.1 Å². The molecule has 0 saturated carbocycles. The number of imidazole rings is 1. The van der Waals surface area contributed by atoms with E-state index in [4.69, 9.17) is 5.11 Å². The maximum atomic E-state index is 10.9. The Morgan fingerprint density at radius 3 is 2.80 bits per heavy atom. The molecule has 0 aliphatic carbocycles. The molecule has 2 N–H and O–H groups in total. The minimum atomic E-state index is -0.342. The summed E-state index contributed by atoms with van der Waals surface area (Å²) in [5.74, 6) is 0.771. The Morgan fingerprint density at radius 2 is 2.05 bits per heavy atom. The van der Waals surface area contributed by atoms with E-state index in [1.165, 1.54) is 6.07 Å². The lowest BCUT2D eigenvalue weighted by Gasteiger charge is -2.02. The van der Waals surface area contributed by atoms with Crippen LogP contribution in [0.4, 0.5) is 5.69 Å². The first-order valence-corrected chi connectivity index (χ1v) is 6.56. The Hall–Kier alpha value is -2.21. The zero-order chi connectivity index (χ0) is 14.4. The largest absolute Gasteiger partial charge is 0.396 e. The number of nitro groups is 1. The van der Waals surface area contributed by atoms with Gasteiger partial charge in [0.25, 0.3) is 5.69 Å². The van der Waals surface area contributed by atoms with E-state index in [-0.39, 0.29) is 17.2 Å². The van der Waals surface area contributed by atoms with Gasteiger partial charge in [-0.25, -0.2) is 4.98 Å². The number of aromatic nitrogens is 2. The third kappa shape index (κ3) is 3.64. The summed E-state index contributed by atoms with van der Waals surface area (Å²) in [7, 11) is 0. The van der Waals surface area contributed by atoms with Gasteiger partial charge in [0, 0.05) is 29.9 Å². The number of nitrogens with one attached hydrogen (secondary N) is 1.